The molecule has 4 rings (SSSR count). The van der Waals surface area contributed by atoms with Crippen molar-refractivity contribution < 1.29 is 0 Å². The maximum absolute atomic E-state index is 4.08. The average molecular weight is 266 g/mol. The summed E-state index contributed by atoms with van der Waals surface area (Å²) in [6.45, 7) is 0. The first-order valence-electron chi connectivity index (χ1n) is 4.70. The fourth-order valence-electron chi connectivity index (χ4n) is 1.79. The third-order valence-corrected chi connectivity index (χ3v) is 5.72. The van der Waals surface area contributed by atoms with Crippen LogP contribution in [-0.2, 0) is 0 Å². The van der Waals surface area contributed by atoms with Gasteiger partial charge in [-0.1, -0.05) is 17.8 Å². The van der Waals surface area contributed by atoms with Gasteiger partial charge in [-0.2, -0.15) is 0 Å². The normalized spacial score (nSPS) is 22.1. The number of thiophene rings is 1. The summed E-state index contributed by atoms with van der Waals surface area (Å²) in [7, 11) is 0. The molecule has 2 aromatic heterocycles. The van der Waals surface area contributed by atoms with Crippen LogP contribution in [0.2, 0.25) is 0 Å². The Hall–Kier alpha value is -0.920. The van der Waals surface area contributed by atoms with E-state index in [4.69, 9.17) is 0 Å². The van der Waals surface area contributed by atoms with Crippen LogP contribution in [0, 0.1) is 0 Å². The molecule has 0 amide bonds. The monoisotopic (exact) mass is 266 g/mol. The number of rotatable bonds is 1. The standard InChI is InChI=1S/C9H6N4S3/c1-2-6(14-3-1)8-13-7(4-15-8)16-9-11-10-5-12(9)13/h1-5,8H. The summed E-state index contributed by atoms with van der Waals surface area (Å²) >= 11 is 5.30. The molecule has 4 nitrogen and oxygen atoms in total. The lowest BCUT2D eigenvalue weighted by atomic mass is 10.4. The van der Waals surface area contributed by atoms with Gasteiger partial charge in [-0.15, -0.1) is 21.5 Å². The van der Waals surface area contributed by atoms with E-state index in [2.05, 4.69) is 38.1 Å². The first-order valence-corrected chi connectivity index (χ1v) is 7.34. The fraction of sp³-hybridized carbons (Fsp3) is 0.111. The van der Waals surface area contributed by atoms with Crippen molar-refractivity contribution in [3.8, 4) is 0 Å². The van der Waals surface area contributed by atoms with Crippen LogP contribution >= 0.6 is 34.9 Å². The molecule has 16 heavy (non-hydrogen) atoms. The van der Waals surface area contributed by atoms with Crippen molar-refractivity contribution in [2.45, 2.75) is 10.5 Å². The lowest BCUT2D eigenvalue weighted by molar-refractivity contribution is 0.638. The summed E-state index contributed by atoms with van der Waals surface area (Å²) < 4.78 is 2.03. The van der Waals surface area contributed by atoms with Gasteiger partial charge in [0, 0.05) is 10.3 Å². The molecule has 1 unspecified atom stereocenters. The van der Waals surface area contributed by atoms with E-state index in [1.54, 1.807) is 29.4 Å². The van der Waals surface area contributed by atoms with Crippen LogP contribution < -0.4 is 5.01 Å². The van der Waals surface area contributed by atoms with Gasteiger partial charge in [0.15, 0.2) is 0 Å². The van der Waals surface area contributed by atoms with E-state index in [-0.39, 0.29) is 0 Å². The molecule has 4 heterocycles. The van der Waals surface area contributed by atoms with E-state index in [1.165, 1.54) is 9.91 Å². The number of fused-ring (bicyclic) bond motifs is 3. The summed E-state index contributed by atoms with van der Waals surface area (Å²) in [6, 6.07) is 4.26. The van der Waals surface area contributed by atoms with E-state index in [1.807, 2.05) is 16.4 Å². The molecule has 2 aliphatic heterocycles. The molecule has 1 atom stereocenters. The van der Waals surface area contributed by atoms with Gasteiger partial charge in [0.1, 0.15) is 16.7 Å². The molecule has 0 N–H and O–H groups in total. The van der Waals surface area contributed by atoms with Crippen LogP contribution in [0.4, 0.5) is 0 Å². The number of hydrogen-bond donors (Lipinski definition) is 0. The highest BCUT2D eigenvalue weighted by Gasteiger charge is 2.37. The summed E-state index contributed by atoms with van der Waals surface area (Å²) in [6.07, 6.45) is 1.77. The molecule has 0 saturated carbocycles. The van der Waals surface area contributed by atoms with Crippen molar-refractivity contribution in [2.24, 2.45) is 0 Å². The average Bonchev–Trinajstić information content (AvgIpc) is 2.98. The molecule has 7 heteroatoms. The molecule has 0 aliphatic carbocycles. The van der Waals surface area contributed by atoms with Crippen molar-refractivity contribution in [3.63, 3.8) is 0 Å². The van der Waals surface area contributed by atoms with Crippen molar-refractivity contribution in [3.05, 3.63) is 39.2 Å². The highest BCUT2D eigenvalue weighted by Crippen LogP contribution is 2.51. The zero-order chi connectivity index (χ0) is 10.5. The molecule has 0 aromatic carbocycles. The van der Waals surface area contributed by atoms with Gasteiger partial charge in [-0.25, -0.2) is 4.68 Å². The molecular weight excluding hydrogens is 260 g/mol. The van der Waals surface area contributed by atoms with Gasteiger partial charge in [0.2, 0.25) is 5.16 Å². The molecule has 2 aliphatic rings. The van der Waals surface area contributed by atoms with Crippen LogP contribution in [0.5, 0.6) is 0 Å². The van der Waals surface area contributed by atoms with E-state index in [0.717, 1.165) is 5.16 Å². The second kappa shape index (κ2) is 3.28. The quantitative estimate of drug-likeness (QED) is 0.792. The summed E-state index contributed by atoms with van der Waals surface area (Å²) in [4.78, 5) is 1.36. The Morgan fingerprint density at radius 2 is 2.38 bits per heavy atom. The smallest absolute Gasteiger partial charge is 0.216 e. The van der Waals surface area contributed by atoms with Crippen LogP contribution in [0.1, 0.15) is 10.3 Å². The minimum atomic E-state index is 0.333. The first kappa shape index (κ1) is 9.15. The van der Waals surface area contributed by atoms with Gasteiger partial charge in [0.05, 0.1) is 0 Å². The van der Waals surface area contributed by atoms with Gasteiger partial charge < -0.3 is 0 Å². The molecule has 0 saturated heterocycles. The van der Waals surface area contributed by atoms with Gasteiger partial charge in [0.25, 0.3) is 0 Å². The van der Waals surface area contributed by atoms with Crippen LogP contribution in [0.25, 0.3) is 0 Å². The second-order valence-electron chi connectivity index (χ2n) is 3.36. The Balaban J connectivity index is 1.80. The van der Waals surface area contributed by atoms with Crippen molar-refractivity contribution in [1.82, 2.24) is 14.9 Å². The Morgan fingerprint density at radius 3 is 3.25 bits per heavy atom. The third-order valence-electron chi connectivity index (χ3n) is 2.46. The SMILES string of the molecule is C1=C2Sc3nncn3N2C(c2cccs2)S1. The fourth-order valence-corrected chi connectivity index (χ4v) is 4.92. The van der Waals surface area contributed by atoms with Gasteiger partial charge in [-0.3, -0.25) is 5.01 Å². The van der Waals surface area contributed by atoms with Gasteiger partial charge in [-0.05, 0) is 23.2 Å². The summed E-state index contributed by atoms with van der Waals surface area (Å²) in [5, 5.41) is 17.1. The van der Waals surface area contributed by atoms with Crippen molar-refractivity contribution >= 4 is 34.9 Å². The van der Waals surface area contributed by atoms with Crippen LogP contribution in [0.3, 0.4) is 0 Å². The summed E-state index contributed by atoms with van der Waals surface area (Å²) in [5.41, 5.74) is 0. The second-order valence-corrected chi connectivity index (χ2v) is 6.29. The van der Waals surface area contributed by atoms with E-state index < -0.39 is 0 Å². The largest absolute Gasteiger partial charge is 0.252 e. The van der Waals surface area contributed by atoms with E-state index in [9.17, 15) is 0 Å². The van der Waals surface area contributed by atoms with Crippen LogP contribution in [-0.4, -0.2) is 14.9 Å². The van der Waals surface area contributed by atoms with Gasteiger partial charge >= 0.3 is 0 Å². The number of thioether (sulfide) groups is 2. The maximum atomic E-state index is 4.08. The van der Waals surface area contributed by atoms with Crippen molar-refractivity contribution in [2.75, 3.05) is 5.01 Å². The lowest BCUT2D eigenvalue weighted by Crippen LogP contribution is -2.27. The topological polar surface area (TPSA) is 34.0 Å². The predicted octanol–water partition coefficient (Wildman–Crippen LogP) is 2.63. The molecule has 0 radical (unpaired) electrons. The van der Waals surface area contributed by atoms with E-state index in [0.29, 0.717) is 5.37 Å². The molecule has 0 fully saturated rings. The Labute approximate surface area is 104 Å². The number of aromatic nitrogens is 3. The Bertz CT molecular complexity index is 559. The Kier molecular flexibility index (Phi) is 1.88. The molecule has 0 spiro atoms. The Morgan fingerprint density at radius 1 is 1.38 bits per heavy atom. The summed E-state index contributed by atoms with van der Waals surface area (Å²) in [5.74, 6) is 0. The van der Waals surface area contributed by atoms with Crippen molar-refractivity contribution in [1.29, 1.82) is 0 Å². The highest BCUT2D eigenvalue weighted by molar-refractivity contribution is 8.07. The van der Waals surface area contributed by atoms with E-state index >= 15 is 0 Å². The minimum Gasteiger partial charge on any atom is -0.252 e. The molecule has 0 bridgehead atoms. The highest BCUT2D eigenvalue weighted by atomic mass is 32.2. The maximum Gasteiger partial charge on any atom is 0.216 e. The predicted molar refractivity (Wildman–Crippen MR) is 66.8 cm³/mol. The minimum absolute atomic E-state index is 0.333. The lowest BCUT2D eigenvalue weighted by Gasteiger charge is -2.22. The molecule has 80 valence electrons. The van der Waals surface area contributed by atoms with Crippen LogP contribution in [0.15, 0.2) is 39.4 Å². The molecule has 2 aromatic rings. The number of nitrogens with zero attached hydrogens (tertiary/aromatic N) is 4. The molecular formula is C9H6N4S3. The zero-order valence-electron chi connectivity index (χ0n) is 7.98. The zero-order valence-corrected chi connectivity index (χ0v) is 10.4. The number of hydrogen-bond acceptors (Lipinski definition) is 6. The third kappa shape index (κ3) is 1.13. The first-order chi connectivity index (χ1) is 7.93.